The maximum Gasteiger partial charge on any atom is 0.107 e. The molecule has 19 heavy (non-hydrogen) atoms. The van der Waals surface area contributed by atoms with Crippen LogP contribution in [0.1, 0.15) is 65.2 Å². The maximum absolute atomic E-state index is 9.59. The van der Waals surface area contributed by atoms with Crippen LogP contribution in [0.2, 0.25) is 0 Å². The van der Waals surface area contributed by atoms with E-state index in [1.54, 1.807) is 0 Å². The predicted octanol–water partition coefficient (Wildman–Crippen LogP) is 3.73. The quantitative estimate of drug-likeness (QED) is 0.483. The van der Waals surface area contributed by atoms with Crippen LogP contribution in [-0.2, 0) is 0 Å². The van der Waals surface area contributed by atoms with E-state index in [1.165, 1.54) is 44.9 Å². The van der Waals surface area contributed by atoms with Gasteiger partial charge in [0.15, 0.2) is 0 Å². The fourth-order valence-corrected chi connectivity index (χ4v) is 2.45. The minimum atomic E-state index is -0.403. The number of aliphatic hydroxyl groups is 1. The molecule has 2 unspecified atom stereocenters. The van der Waals surface area contributed by atoms with Crippen molar-refractivity contribution in [3.05, 3.63) is 12.2 Å². The Hall–Kier alpha value is -0.670. The second-order valence-electron chi connectivity index (χ2n) is 5.40. The molecule has 0 spiro atoms. The molecular formula is C16H30N2O. The summed E-state index contributed by atoms with van der Waals surface area (Å²) in [6.07, 6.45) is 16.3. The highest BCUT2D eigenvalue weighted by Crippen LogP contribution is 2.14. The van der Waals surface area contributed by atoms with Crippen LogP contribution < -0.4 is 0 Å². The van der Waals surface area contributed by atoms with Gasteiger partial charge in [0, 0.05) is 19.2 Å². The first-order valence-electron chi connectivity index (χ1n) is 7.86. The maximum atomic E-state index is 9.59. The van der Waals surface area contributed by atoms with Crippen molar-refractivity contribution in [2.45, 2.75) is 77.6 Å². The lowest BCUT2D eigenvalue weighted by molar-refractivity contribution is 0.0106. The van der Waals surface area contributed by atoms with Crippen molar-refractivity contribution in [3.63, 3.8) is 0 Å². The summed E-state index contributed by atoms with van der Waals surface area (Å²) in [6, 6.07) is 0. The van der Waals surface area contributed by atoms with Gasteiger partial charge in [-0.25, -0.2) is 0 Å². The summed E-state index contributed by atoms with van der Waals surface area (Å²) in [4.78, 5) is 6.40. The van der Waals surface area contributed by atoms with E-state index in [1.807, 2.05) is 18.0 Å². The van der Waals surface area contributed by atoms with Gasteiger partial charge in [0.1, 0.15) is 12.4 Å². The normalized spacial score (nSPS) is 21.5. The molecule has 0 fully saturated rings. The van der Waals surface area contributed by atoms with Crippen LogP contribution in [0.4, 0.5) is 0 Å². The summed E-state index contributed by atoms with van der Waals surface area (Å²) in [5, 5.41) is 9.59. The average Bonchev–Trinajstić information content (AvgIpc) is 2.85. The number of nitrogens with zero attached hydrogens (tertiary/aromatic N) is 2. The molecule has 2 atom stereocenters. The lowest BCUT2D eigenvalue weighted by Gasteiger charge is -2.24. The third-order valence-electron chi connectivity index (χ3n) is 3.67. The molecule has 0 radical (unpaired) electrons. The molecule has 0 saturated heterocycles. The molecule has 3 heteroatoms. The summed E-state index contributed by atoms with van der Waals surface area (Å²) in [5.74, 6) is 0. The third-order valence-corrected chi connectivity index (χ3v) is 3.67. The van der Waals surface area contributed by atoms with Crippen LogP contribution in [0, 0.1) is 0 Å². The fraction of sp³-hybridized carbons (Fsp3) is 0.812. The summed E-state index contributed by atoms with van der Waals surface area (Å²) in [7, 11) is 0. The number of aliphatic hydroxyl groups excluding tert-OH is 1. The van der Waals surface area contributed by atoms with E-state index in [-0.39, 0.29) is 6.17 Å². The van der Waals surface area contributed by atoms with Crippen molar-refractivity contribution in [2.75, 3.05) is 6.54 Å². The van der Waals surface area contributed by atoms with E-state index >= 15 is 0 Å². The minimum absolute atomic E-state index is 0.140. The van der Waals surface area contributed by atoms with E-state index in [0.717, 1.165) is 13.0 Å². The second-order valence-corrected chi connectivity index (χ2v) is 5.40. The first kappa shape index (κ1) is 16.4. The fourth-order valence-electron chi connectivity index (χ4n) is 2.45. The highest BCUT2D eigenvalue weighted by molar-refractivity contribution is 5.62. The Morgan fingerprint density at radius 1 is 1.26 bits per heavy atom. The van der Waals surface area contributed by atoms with Crippen molar-refractivity contribution in [3.8, 4) is 0 Å². The third kappa shape index (κ3) is 6.88. The first-order valence-corrected chi connectivity index (χ1v) is 7.86. The molecule has 1 N–H and O–H groups in total. The zero-order chi connectivity index (χ0) is 13.9. The standard InChI is InChI=1S/C16H30N2O/c1-3-4-5-6-7-8-9-10-11-12-16-17-13-14-18(16)15(2)19/h10-11,13,15-16,19H,3-9,12,14H2,1-2H3/b11-10+. The molecule has 0 bridgehead atoms. The summed E-state index contributed by atoms with van der Waals surface area (Å²) in [6.45, 7) is 4.83. The molecule has 110 valence electrons. The number of hydrogen-bond donors (Lipinski definition) is 1. The molecule has 0 saturated carbocycles. The Kier molecular flexibility index (Phi) is 8.76. The second kappa shape index (κ2) is 10.2. The van der Waals surface area contributed by atoms with Gasteiger partial charge in [-0.3, -0.25) is 9.89 Å². The van der Waals surface area contributed by atoms with Gasteiger partial charge in [0.05, 0.1) is 0 Å². The van der Waals surface area contributed by atoms with Gasteiger partial charge in [-0.2, -0.15) is 0 Å². The zero-order valence-corrected chi connectivity index (χ0v) is 12.6. The molecule has 1 rings (SSSR count). The number of rotatable bonds is 10. The molecule has 0 aromatic heterocycles. The minimum Gasteiger partial charge on any atom is -0.379 e. The van der Waals surface area contributed by atoms with Gasteiger partial charge in [-0.15, -0.1) is 0 Å². The van der Waals surface area contributed by atoms with E-state index in [4.69, 9.17) is 0 Å². The van der Waals surface area contributed by atoms with Gasteiger partial charge in [-0.05, 0) is 19.8 Å². The average molecular weight is 266 g/mol. The smallest absolute Gasteiger partial charge is 0.107 e. The lowest BCUT2D eigenvalue weighted by atomic mass is 10.1. The van der Waals surface area contributed by atoms with Crippen LogP contribution in [-0.4, -0.2) is 35.2 Å². The highest BCUT2D eigenvalue weighted by atomic mass is 16.3. The van der Waals surface area contributed by atoms with Crippen molar-refractivity contribution in [2.24, 2.45) is 4.99 Å². The summed E-state index contributed by atoms with van der Waals surface area (Å²) < 4.78 is 0. The Morgan fingerprint density at radius 3 is 2.74 bits per heavy atom. The van der Waals surface area contributed by atoms with Gasteiger partial charge in [0.2, 0.25) is 0 Å². The number of allylic oxidation sites excluding steroid dienone is 1. The first-order chi connectivity index (χ1) is 9.25. The van der Waals surface area contributed by atoms with Crippen LogP contribution in [0.15, 0.2) is 17.1 Å². The van der Waals surface area contributed by atoms with Crippen LogP contribution in [0.25, 0.3) is 0 Å². The van der Waals surface area contributed by atoms with Crippen LogP contribution in [0.3, 0.4) is 0 Å². The lowest BCUT2D eigenvalue weighted by Crippen LogP contribution is -2.37. The molecule has 1 aliphatic rings. The van der Waals surface area contributed by atoms with E-state index in [9.17, 15) is 5.11 Å². The van der Waals surface area contributed by atoms with Crippen LogP contribution >= 0.6 is 0 Å². The zero-order valence-electron chi connectivity index (χ0n) is 12.6. The molecular weight excluding hydrogens is 236 g/mol. The largest absolute Gasteiger partial charge is 0.379 e. The number of hydrogen-bond acceptors (Lipinski definition) is 3. The SMILES string of the molecule is CCCCCCCC/C=C/CC1N=CCN1C(C)O. The van der Waals surface area contributed by atoms with Crippen molar-refractivity contribution in [1.29, 1.82) is 0 Å². The predicted molar refractivity (Wildman–Crippen MR) is 82.4 cm³/mol. The summed E-state index contributed by atoms with van der Waals surface area (Å²) in [5.41, 5.74) is 0. The number of unbranched alkanes of at least 4 members (excludes halogenated alkanes) is 6. The van der Waals surface area contributed by atoms with E-state index in [2.05, 4.69) is 24.1 Å². The van der Waals surface area contributed by atoms with Gasteiger partial charge in [0.25, 0.3) is 0 Å². The molecule has 3 nitrogen and oxygen atoms in total. The van der Waals surface area contributed by atoms with Crippen LogP contribution in [0.5, 0.6) is 0 Å². The molecule has 0 aliphatic carbocycles. The molecule has 1 aliphatic heterocycles. The Balaban J connectivity index is 2.02. The van der Waals surface area contributed by atoms with Gasteiger partial charge >= 0.3 is 0 Å². The topological polar surface area (TPSA) is 35.8 Å². The Bertz CT molecular complexity index is 274. The Labute approximate surface area is 118 Å². The molecule has 0 aromatic rings. The Morgan fingerprint density at radius 2 is 2.00 bits per heavy atom. The van der Waals surface area contributed by atoms with Gasteiger partial charge < -0.3 is 5.11 Å². The van der Waals surface area contributed by atoms with E-state index in [0.29, 0.717) is 0 Å². The van der Waals surface area contributed by atoms with E-state index < -0.39 is 6.23 Å². The highest BCUT2D eigenvalue weighted by Gasteiger charge is 2.22. The molecule has 1 heterocycles. The van der Waals surface area contributed by atoms with Gasteiger partial charge in [-0.1, -0.05) is 51.2 Å². The molecule has 0 aromatic carbocycles. The summed E-state index contributed by atoms with van der Waals surface area (Å²) >= 11 is 0. The monoisotopic (exact) mass is 266 g/mol. The molecule has 0 amide bonds. The van der Waals surface area contributed by atoms with Crippen molar-refractivity contribution >= 4 is 6.21 Å². The van der Waals surface area contributed by atoms with Crippen molar-refractivity contribution < 1.29 is 5.11 Å². The number of aliphatic imine (C=N–C) groups is 1. The van der Waals surface area contributed by atoms with Crippen molar-refractivity contribution in [1.82, 2.24) is 4.90 Å².